The number of nitrogens with zero attached hydrogens (tertiary/aromatic N) is 4. The SMILES string of the molecule is CC(C)c1ccc2c(c1)N(c1ccc(C(C)(C)C)cc1)C(C1N(c3ccc(C(C)(C)C)cc3)c3ccc(C(C)C)cc3N1c1ccc(C(C)(C)C)cc1)N2c1ccc(C(C)(C)C)cc1. The second-order valence-electron chi connectivity index (χ2n) is 23.3. The first-order chi connectivity index (χ1) is 29.9. The highest BCUT2D eigenvalue weighted by Crippen LogP contribution is 2.57. The molecule has 2 atom stereocenters. The van der Waals surface area contributed by atoms with Gasteiger partial charge in [0, 0.05) is 22.7 Å². The summed E-state index contributed by atoms with van der Waals surface area (Å²) in [5, 5.41) is 0. The van der Waals surface area contributed by atoms with E-state index < -0.39 is 0 Å². The van der Waals surface area contributed by atoms with Crippen molar-refractivity contribution >= 4 is 45.5 Å². The Morgan fingerprint density at radius 2 is 0.516 bits per heavy atom. The van der Waals surface area contributed by atoms with Gasteiger partial charge in [-0.3, -0.25) is 0 Å². The lowest BCUT2D eigenvalue weighted by molar-refractivity contribution is 0.548. The zero-order valence-electron chi connectivity index (χ0n) is 41.8. The molecular formula is C60H74N4. The highest BCUT2D eigenvalue weighted by Gasteiger charge is 2.52. The molecular weight excluding hydrogens is 777 g/mol. The van der Waals surface area contributed by atoms with Gasteiger partial charge in [0.15, 0.2) is 12.3 Å². The fourth-order valence-corrected chi connectivity index (χ4v) is 9.58. The van der Waals surface area contributed by atoms with Crippen molar-refractivity contribution in [3.8, 4) is 0 Å². The molecule has 4 nitrogen and oxygen atoms in total. The lowest BCUT2D eigenvalue weighted by Gasteiger charge is -2.45. The number of hydrogen-bond donors (Lipinski definition) is 0. The summed E-state index contributed by atoms with van der Waals surface area (Å²) >= 11 is 0. The Morgan fingerprint density at radius 1 is 0.297 bits per heavy atom. The van der Waals surface area contributed by atoms with Crippen molar-refractivity contribution in [3.05, 3.63) is 167 Å². The van der Waals surface area contributed by atoms with E-state index in [1.165, 1.54) is 78.9 Å². The minimum absolute atomic E-state index is 0.0275. The zero-order valence-corrected chi connectivity index (χ0v) is 41.8. The maximum Gasteiger partial charge on any atom is 0.151 e. The van der Waals surface area contributed by atoms with Gasteiger partial charge < -0.3 is 19.6 Å². The van der Waals surface area contributed by atoms with Gasteiger partial charge in [-0.1, -0.05) is 171 Å². The predicted octanol–water partition coefficient (Wildman–Crippen LogP) is 17.1. The van der Waals surface area contributed by atoms with Gasteiger partial charge in [-0.2, -0.15) is 0 Å². The third kappa shape index (κ3) is 8.34. The zero-order chi connectivity index (χ0) is 46.3. The van der Waals surface area contributed by atoms with E-state index in [2.05, 4.69) is 264 Å². The Hall–Kier alpha value is -5.48. The molecule has 0 fully saturated rings. The van der Waals surface area contributed by atoms with Crippen molar-refractivity contribution in [1.29, 1.82) is 0 Å². The molecule has 8 rings (SSSR count). The first kappa shape index (κ1) is 45.1. The Balaban J connectivity index is 1.47. The molecule has 0 saturated carbocycles. The molecule has 6 aromatic rings. The summed E-state index contributed by atoms with van der Waals surface area (Å²) in [6.45, 7) is 36.9. The topological polar surface area (TPSA) is 13.0 Å². The average Bonchev–Trinajstić information content (AvgIpc) is 3.75. The van der Waals surface area contributed by atoms with Crippen molar-refractivity contribution in [1.82, 2.24) is 0 Å². The molecule has 4 heteroatoms. The van der Waals surface area contributed by atoms with Crippen molar-refractivity contribution in [2.45, 2.75) is 157 Å². The van der Waals surface area contributed by atoms with Crippen LogP contribution in [0.2, 0.25) is 0 Å². The summed E-state index contributed by atoms with van der Waals surface area (Å²) in [4.78, 5) is 10.6. The summed E-state index contributed by atoms with van der Waals surface area (Å²) in [5.74, 6) is 0.740. The van der Waals surface area contributed by atoms with Crippen LogP contribution in [0.4, 0.5) is 45.5 Å². The van der Waals surface area contributed by atoms with Crippen molar-refractivity contribution in [3.63, 3.8) is 0 Å². The number of benzene rings is 6. The monoisotopic (exact) mass is 851 g/mol. The smallest absolute Gasteiger partial charge is 0.151 e. The van der Waals surface area contributed by atoms with Crippen LogP contribution in [-0.2, 0) is 21.7 Å². The molecule has 0 aromatic heterocycles. The van der Waals surface area contributed by atoms with Gasteiger partial charge in [0.1, 0.15) is 0 Å². The molecule has 334 valence electrons. The molecule has 2 aliphatic rings. The summed E-state index contributed by atoms with van der Waals surface area (Å²) in [5.41, 5.74) is 17.7. The van der Waals surface area contributed by atoms with Crippen LogP contribution in [-0.4, -0.2) is 12.3 Å². The third-order valence-corrected chi connectivity index (χ3v) is 13.7. The number of fused-ring (bicyclic) bond motifs is 2. The molecule has 2 aliphatic heterocycles. The second-order valence-corrected chi connectivity index (χ2v) is 23.3. The fraction of sp³-hybridized carbons (Fsp3) is 0.400. The predicted molar refractivity (Wildman–Crippen MR) is 278 cm³/mol. The number of anilines is 8. The van der Waals surface area contributed by atoms with Crippen LogP contribution >= 0.6 is 0 Å². The molecule has 0 spiro atoms. The lowest BCUT2D eigenvalue weighted by Crippen LogP contribution is -2.58. The Morgan fingerprint density at radius 3 is 0.719 bits per heavy atom. The number of rotatable bonds is 7. The van der Waals surface area contributed by atoms with Crippen molar-refractivity contribution in [2.24, 2.45) is 0 Å². The summed E-state index contributed by atoms with van der Waals surface area (Å²) in [6.07, 6.45) is -0.448. The Labute approximate surface area is 387 Å². The van der Waals surface area contributed by atoms with Gasteiger partial charge in [0.2, 0.25) is 0 Å². The van der Waals surface area contributed by atoms with Crippen LogP contribution in [0.3, 0.4) is 0 Å². The summed E-state index contributed by atoms with van der Waals surface area (Å²) in [7, 11) is 0. The Kier molecular flexibility index (Phi) is 11.4. The Bertz CT molecular complexity index is 2400. The molecule has 2 heterocycles. The maximum atomic E-state index is 2.66. The van der Waals surface area contributed by atoms with Crippen molar-refractivity contribution in [2.75, 3.05) is 19.6 Å². The van der Waals surface area contributed by atoms with E-state index in [-0.39, 0.29) is 34.0 Å². The quantitative estimate of drug-likeness (QED) is 0.159. The van der Waals surface area contributed by atoms with Crippen LogP contribution in [0, 0.1) is 0 Å². The molecule has 64 heavy (non-hydrogen) atoms. The van der Waals surface area contributed by atoms with Crippen LogP contribution in [0.15, 0.2) is 133 Å². The third-order valence-electron chi connectivity index (χ3n) is 13.7. The summed E-state index contributed by atoms with van der Waals surface area (Å²) in [6, 6.07) is 52.2. The standard InChI is InChI=1S/C60H74N4/c1-39(2)41-17-35-51-53(37-41)63(49-31-23-45(24-32-49)59(11,12)13)55(61(51)47-27-19-43(20-28-47)57(5,6)7)56-62(48-29-21-44(22-30-48)58(8,9)10)52-36-18-42(40(3)4)38-54(52)64(56)50-33-25-46(26-34-50)60(14,15)16/h17-40,55-56H,1-16H3. The van der Waals surface area contributed by atoms with E-state index in [9.17, 15) is 0 Å². The van der Waals surface area contributed by atoms with Gasteiger partial charge in [-0.25, -0.2) is 0 Å². The molecule has 0 saturated heterocycles. The minimum Gasteiger partial charge on any atom is -0.314 e. The molecule has 2 unspecified atom stereocenters. The van der Waals surface area contributed by atoms with Crippen LogP contribution in [0.1, 0.15) is 156 Å². The number of hydrogen-bond acceptors (Lipinski definition) is 4. The first-order valence-electron chi connectivity index (χ1n) is 23.8. The van der Waals surface area contributed by atoms with E-state index in [0.29, 0.717) is 11.8 Å². The largest absolute Gasteiger partial charge is 0.314 e. The molecule has 0 N–H and O–H groups in total. The first-order valence-corrected chi connectivity index (χ1v) is 23.8. The molecule has 0 amide bonds. The molecule has 0 aliphatic carbocycles. The second kappa shape index (κ2) is 16.2. The maximum absolute atomic E-state index is 2.66. The van der Waals surface area contributed by atoms with Crippen LogP contribution in [0.5, 0.6) is 0 Å². The van der Waals surface area contributed by atoms with Crippen molar-refractivity contribution < 1.29 is 0 Å². The molecule has 6 aromatic carbocycles. The lowest BCUT2D eigenvalue weighted by atomic mass is 9.87. The van der Waals surface area contributed by atoms with E-state index in [1.54, 1.807) is 0 Å². The minimum atomic E-state index is -0.224. The van der Waals surface area contributed by atoms with E-state index >= 15 is 0 Å². The molecule has 0 bridgehead atoms. The fourth-order valence-electron chi connectivity index (χ4n) is 9.58. The molecule has 0 radical (unpaired) electrons. The summed E-state index contributed by atoms with van der Waals surface area (Å²) < 4.78 is 0. The van der Waals surface area contributed by atoms with Gasteiger partial charge in [-0.15, -0.1) is 0 Å². The van der Waals surface area contributed by atoms with Gasteiger partial charge >= 0.3 is 0 Å². The highest BCUT2D eigenvalue weighted by molar-refractivity contribution is 5.94. The average molecular weight is 851 g/mol. The van der Waals surface area contributed by atoms with E-state index in [0.717, 1.165) is 0 Å². The van der Waals surface area contributed by atoms with Crippen LogP contribution < -0.4 is 19.6 Å². The van der Waals surface area contributed by atoms with Gasteiger partial charge in [-0.05, 0) is 140 Å². The highest BCUT2D eigenvalue weighted by atomic mass is 15.5. The van der Waals surface area contributed by atoms with Crippen LogP contribution in [0.25, 0.3) is 0 Å². The van der Waals surface area contributed by atoms with E-state index in [4.69, 9.17) is 0 Å². The van der Waals surface area contributed by atoms with Gasteiger partial charge in [0.05, 0.1) is 22.7 Å². The van der Waals surface area contributed by atoms with E-state index in [1.807, 2.05) is 0 Å². The normalized spacial score (nSPS) is 16.9. The van der Waals surface area contributed by atoms with Gasteiger partial charge in [0.25, 0.3) is 0 Å².